The Labute approximate surface area is 105 Å². The minimum absolute atomic E-state index is 0.126. The fraction of sp³-hybridized carbons (Fsp3) is 0.417. The molecule has 100 valence electrons. The van der Waals surface area contributed by atoms with Gasteiger partial charge >= 0.3 is 5.97 Å². The molecule has 0 amide bonds. The summed E-state index contributed by atoms with van der Waals surface area (Å²) in [5.41, 5.74) is 6.29. The van der Waals surface area contributed by atoms with Crippen molar-refractivity contribution in [1.82, 2.24) is 0 Å². The summed E-state index contributed by atoms with van der Waals surface area (Å²) in [7, 11) is 1.40. The van der Waals surface area contributed by atoms with E-state index in [4.69, 9.17) is 10.5 Å². The van der Waals surface area contributed by atoms with E-state index in [0.29, 0.717) is 11.4 Å². The first kappa shape index (κ1) is 14.3. The smallest absolute Gasteiger partial charge is 0.338 e. The van der Waals surface area contributed by atoms with Crippen LogP contribution in [0.2, 0.25) is 0 Å². The van der Waals surface area contributed by atoms with Crippen molar-refractivity contribution in [2.75, 3.05) is 19.5 Å². The van der Waals surface area contributed by atoms with E-state index in [2.05, 4.69) is 4.74 Å². The first-order valence-electron chi connectivity index (χ1n) is 5.47. The molecule has 0 aromatic heterocycles. The van der Waals surface area contributed by atoms with Gasteiger partial charge in [0.1, 0.15) is 11.9 Å². The second-order valence-corrected chi connectivity index (χ2v) is 3.64. The van der Waals surface area contributed by atoms with Crippen LogP contribution in [0.5, 0.6) is 5.75 Å². The van der Waals surface area contributed by atoms with Gasteiger partial charge in [0.25, 0.3) is 0 Å². The van der Waals surface area contributed by atoms with E-state index in [0.717, 1.165) is 0 Å². The molecule has 1 aromatic rings. The number of esters is 1. The number of carbonyl (C=O) groups excluding carboxylic acids is 1. The van der Waals surface area contributed by atoms with Crippen LogP contribution in [0.15, 0.2) is 18.2 Å². The SMILES string of the molecule is CCOC(=O)C(O)C(O)c1ccc(N)cc1OC. The lowest BCUT2D eigenvalue weighted by Gasteiger charge is -2.19. The highest BCUT2D eigenvalue weighted by atomic mass is 16.5. The van der Waals surface area contributed by atoms with E-state index in [1.165, 1.54) is 19.2 Å². The van der Waals surface area contributed by atoms with Gasteiger partial charge in [-0.05, 0) is 13.0 Å². The Morgan fingerprint density at radius 2 is 2.11 bits per heavy atom. The Hall–Kier alpha value is -1.79. The van der Waals surface area contributed by atoms with Gasteiger partial charge in [-0.15, -0.1) is 0 Å². The zero-order valence-corrected chi connectivity index (χ0v) is 10.3. The summed E-state index contributed by atoms with van der Waals surface area (Å²) in [5.74, 6) is -0.588. The summed E-state index contributed by atoms with van der Waals surface area (Å²) in [6.07, 6.45) is -3.10. The Morgan fingerprint density at radius 3 is 2.67 bits per heavy atom. The maximum atomic E-state index is 11.3. The lowest BCUT2D eigenvalue weighted by molar-refractivity contribution is -0.159. The average Bonchev–Trinajstić information content (AvgIpc) is 2.37. The average molecular weight is 255 g/mol. The summed E-state index contributed by atoms with van der Waals surface area (Å²) in [5, 5.41) is 19.6. The molecule has 0 saturated carbocycles. The number of ether oxygens (including phenoxy) is 2. The van der Waals surface area contributed by atoms with Crippen LogP contribution in [0.3, 0.4) is 0 Å². The lowest BCUT2D eigenvalue weighted by Crippen LogP contribution is -2.30. The van der Waals surface area contributed by atoms with Crippen LogP contribution in [-0.2, 0) is 9.53 Å². The molecule has 1 aromatic carbocycles. The first-order valence-corrected chi connectivity index (χ1v) is 5.47. The molecule has 1 rings (SSSR count). The third kappa shape index (κ3) is 3.12. The predicted molar refractivity (Wildman–Crippen MR) is 65.0 cm³/mol. The van der Waals surface area contributed by atoms with Crippen molar-refractivity contribution in [1.29, 1.82) is 0 Å². The standard InChI is InChI=1S/C12H17NO5/c1-3-18-12(16)11(15)10(14)8-5-4-7(13)6-9(8)17-2/h4-6,10-11,14-15H,3,13H2,1-2H3. The largest absolute Gasteiger partial charge is 0.496 e. The Bertz CT molecular complexity index is 421. The van der Waals surface area contributed by atoms with Gasteiger partial charge in [-0.1, -0.05) is 6.07 Å². The normalized spacial score (nSPS) is 13.8. The highest BCUT2D eigenvalue weighted by Crippen LogP contribution is 2.29. The van der Waals surface area contributed by atoms with Crippen LogP contribution in [0.1, 0.15) is 18.6 Å². The van der Waals surface area contributed by atoms with Crippen LogP contribution < -0.4 is 10.5 Å². The van der Waals surface area contributed by atoms with Crippen LogP contribution in [-0.4, -0.2) is 36.0 Å². The number of aliphatic hydroxyl groups is 2. The second kappa shape index (κ2) is 6.23. The van der Waals surface area contributed by atoms with E-state index in [-0.39, 0.29) is 12.2 Å². The molecule has 2 atom stereocenters. The Morgan fingerprint density at radius 1 is 1.44 bits per heavy atom. The Balaban J connectivity index is 2.95. The molecule has 0 aliphatic carbocycles. The topological polar surface area (TPSA) is 102 Å². The van der Waals surface area contributed by atoms with Gasteiger partial charge in [0.15, 0.2) is 6.10 Å². The van der Waals surface area contributed by atoms with Crippen molar-refractivity contribution >= 4 is 11.7 Å². The number of rotatable bonds is 5. The summed E-state index contributed by atoms with van der Waals surface area (Å²) in [4.78, 5) is 11.3. The fourth-order valence-corrected chi connectivity index (χ4v) is 1.50. The monoisotopic (exact) mass is 255 g/mol. The van der Waals surface area contributed by atoms with Crippen LogP contribution in [0.4, 0.5) is 5.69 Å². The van der Waals surface area contributed by atoms with Gasteiger partial charge < -0.3 is 25.4 Å². The number of nitrogens with two attached hydrogens (primary N) is 1. The van der Waals surface area contributed by atoms with Crippen LogP contribution >= 0.6 is 0 Å². The molecule has 0 radical (unpaired) electrons. The third-order valence-corrected chi connectivity index (χ3v) is 2.40. The number of benzene rings is 1. The Kier molecular flexibility index (Phi) is 4.94. The van der Waals surface area contributed by atoms with Crippen molar-refractivity contribution in [3.63, 3.8) is 0 Å². The van der Waals surface area contributed by atoms with Crippen molar-refractivity contribution in [2.24, 2.45) is 0 Å². The van der Waals surface area contributed by atoms with Crippen molar-refractivity contribution in [2.45, 2.75) is 19.1 Å². The first-order chi connectivity index (χ1) is 8.51. The molecular weight excluding hydrogens is 238 g/mol. The number of nitrogen functional groups attached to an aromatic ring is 1. The zero-order valence-electron chi connectivity index (χ0n) is 10.3. The summed E-state index contributed by atoms with van der Waals surface area (Å²) < 4.78 is 9.66. The summed E-state index contributed by atoms with van der Waals surface area (Å²) in [6.45, 7) is 1.74. The van der Waals surface area contributed by atoms with Gasteiger partial charge in [-0.2, -0.15) is 0 Å². The quantitative estimate of drug-likeness (QED) is 0.514. The molecule has 0 bridgehead atoms. The molecule has 0 aliphatic rings. The van der Waals surface area contributed by atoms with Gasteiger partial charge in [0.2, 0.25) is 0 Å². The van der Waals surface area contributed by atoms with E-state index in [1.54, 1.807) is 13.0 Å². The second-order valence-electron chi connectivity index (χ2n) is 3.64. The van der Waals surface area contributed by atoms with E-state index in [9.17, 15) is 15.0 Å². The molecule has 0 saturated heterocycles. The van der Waals surface area contributed by atoms with E-state index in [1.807, 2.05) is 0 Å². The maximum Gasteiger partial charge on any atom is 0.338 e. The number of anilines is 1. The molecule has 0 heterocycles. The zero-order chi connectivity index (χ0) is 13.7. The minimum atomic E-state index is -1.66. The molecule has 2 unspecified atom stereocenters. The van der Waals surface area contributed by atoms with Gasteiger partial charge in [0.05, 0.1) is 13.7 Å². The number of aliphatic hydroxyl groups excluding tert-OH is 2. The van der Waals surface area contributed by atoms with Crippen molar-refractivity contribution < 1.29 is 24.5 Å². The van der Waals surface area contributed by atoms with Crippen molar-refractivity contribution in [3.05, 3.63) is 23.8 Å². The van der Waals surface area contributed by atoms with Crippen LogP contribution in [0.25, 0.3) is 0 Å². The van der Waals surface area contributed by atoms with E-state index < -0.39 is 18.2 Å². The predicted octanol–water partition coefficient (Wildman–Crippen LogP) is 0.235. The van der Waals surface area contributed by atoms with Crippen molar-refractivity contribution in [3.8, 4) is 5.75 Å². The number of hydrogen-bond donors (Lipinski definition) is 3. The highest BCUT2D eigenvalue weighted by Gasteiger charge is 2.29. The number of carbonyl (C=O) groups is 1. The molecule has 0 fully saturated rings. The fourth-order valence-electron chi connectivity index (χ4n) is 1.50. The molecule has 18 heavy (non-hydrogen) atoms. The molecular formula is C12H17NO5. The lowest BCUT2D eigenvalue weighted by atomic mass is 10.0. The van der Waals surface area contributed by atoms with Gasteiger partial charge in [0, 0.05) is 17.3 Å². The van der Waals surface area contributed by atoms with Crippen LogP contribution in [0, 0.1) is 0 Å². The number of methoxy groups -OCH3 is 1. The molecule has 4 N–H and O–H groups in total. The number of hydrogen-bond acceptors (Lipinski definition) is 6. The molecule has 6 nitrogen and oxygen atoms in total. The molecule has 6 heteroatoms. The summed E-state index contributed by atoms with van der Waals surface area (Å²) in [6, 6.07) is 4.52. The minimum Gasteiger partial charge on any atom is -0.496 e. The maximum absolute atomic E-state index is 11.3. The molecule has 0 aliphatic heterocycles. The third-order valence-electron chi connectivity index (χ3n) is 2.40. The van der Waals surface area contributed by atoms with Gasteiger partial charge in [-0.3, -0.25) is 0 Å². The van der Waals surface area contributed by atoms with E-state index >= 15 is 0 Å². The summed E-state index contributed by atoms with van der Waals surface area (Å²) >= 11 is 0. The van der Waals surface area contributed by atoms with Gasteiger partial charge in [-0.25, -0.2) is 4.79 Å². The molecule has 0 spiro atoms. The highest BCUT2D eigenvalue weighted by molar-refractivity contribution is 5.75.